The van der Waals surface area contributed by atoms with Crippen molar-refractivity contribution in [1.82, 2.24) is 28.9 Å². The Kier molecular flexibility index (Phi) is 10.3. The highest BCUT2D eigenvalue weighted by molar-refractivity contribution is 6.13. The Hall–Kier alpha value is -6.50. The van der Waals surface area contributed by atoms with Crippen LogP contribution in [0, 0.1) is 0 Å². The first-order valence-electron chi connectivity index (χ1n) is 20.1. The zero-order chi connectivity index (χ0) is 41.7. The number of benzene rings is 4. The molecule has 12 heteroatoms. The molecule has 4 aromatic carbocycles. The summed E-state index contributed by atoms with van der Waals surface area (Å²) in [6.45, 7) is 4.99. The number of methoxy groups -OCH3 is 6. The number of piperazine rings is 1. The molecule has 1 aliphatic heterocycles. The topological polar surface area (TPSA) is 97.5 Å². The SMILES string of the molecule is COc1cc(-c2nc(CN3CCN(Cc4cc5c6ccccc6n(C)c5c(-c5ccc(OC)c(OC)c5OC)n4)CC3)cc3c4ccccc4n(C)c23)cc(OC)c1OC. The molecule has 1 aliphatic rings. The zero-order valence-corrected chi connectivity index (χ0v) is 35.5. The number of fused-ring (bicyclic) bond motifs is 6. The van der Waals surface area contributed by atoms with E-state index in [9.17, 15) is 0 Å². The van der Waals surface area contributed by atoms with Gasteiger partial charge in [-0.1, -0.05) is 36.4 Å². The molecular weight excluding hydrogens is 757 g/mol. The molecule has 9 rings (SSSR count). The summed E-state index contributed by atoms with van der Waals surface area (Å²) in [4.78, 5) is 15.8. The molecule has 0 spiro atoms. The smallest absolute Gasteiger partial charge is 0.203 e. The summed E-state index contributed by atoms with van der Waals surface area (Å²) >= 11 is 0. The number of aromatic nitrogens is 4. The molecule has 0 unspecified atom stereocenters. The van der Waals surface area contributed by atoms with Crippen molar-refractivity contribution >= 4 is 43.6 Å². The second kappa shape index (κ2) is 15.9. The molecule has 1 fully saturated rings. The Balaban J connectivity index is 1.03. The van der Waals surface area contributed by atoms with Gasteiger partial charge in [-0.2, -0.15) is 0 Å². The minimum absolute atomic E-state index is 0.539. The van der Waals surface area contributed by atoms with Crippen molar-refractivity contribution in [2.75, 3.05) is 68.8 Å². The van der Waals surface area contributed by atoms with Gasteiger partial charge in [0.25, 0.3) is 0 Å². The van der Waals surface area contributed by atoms with Crippen LogP contribution in [0.4, 0.5) is 0 Å². The molecule has 0 saturated carbocycles. The van der Waals surface area contributed by atoms with E-state index in [0.29, 0.717) is 47.6 Å². The quantitative estimate of drug-likeness (QED) is 0.120. The summed E-state index contributed by atoms with van der Waals surface area (Å²) in [5.41, 5.74) is 9.85. The van der Waals surface area contributed by atoms with E-state index < -0.39 is 0 Å². The van der Waals surface area contributed by atoms with E-state index in [4.69, 9.17) is 38.4 Å². The first kappa shape index (κ1) is 39.0. The number of aryl methyl sites for hydroxylation is 2. The number of ether oxygens (including phenoxy) is 6. The van der Waals surface area contributed by atoms with E-state index >= 15 is 0 Å². The molecule has 0 N–H and O–H groups in total. The van der Waals surface area contributed by atoms with Crippen LogP contribution in [0.25, 0.3) is 66.1 Å². The number of rotatable bonds is 12. The number of para-hydroxylation sites is 2. The first-order chi connectivity index (χ1) is 29.3. The summed E-state index contributed by atoms with van der Waals surface area (Å²) in [5.74, 6) is 3.46. The number of hydrogen-bond donors (Lipinski definition) is 0. The van der Waals surface area contributed by atoms with E-state index in [1.807, 2.05) is 24.3 Å². The fourth-order valence-corrected chi connectivity index (χ4v) is 9.12. The second-order valence-corrected chi connectivity index (χ2v) is 15.2. The third-order valence-corrected chi connectivity index (χ3v) is 12.0. The normalized spacial score (nSPS) is 13.7. The lowest BCUT2D eigenvalue weighted by Crippen LogP contribution is -2.45. The van der Waals surface area contributed by atoms with Crippen molar-refractivity contribution in [2.45, 2.75) is 13.1 Å². The molecule has 5 heterocycles. The first-order valence-corrected chi connectivity index (χ1v) is 20.1. The molecule has 0 aliphatic carbocycles. The van der Waals surface area contributed by atoms with Crippen LogP contribution < -0.4 is 28.4 Å². The predicted octanol–water partition coefficient (Wildman–Crippen LogP) is 8.47. The fraction of sp³-hybridized carbons (Fsp3) is 0.292. The van der Waals surface area contributed by atoms with Crippen molar-refractivity contribution < 1.29 is 28.4 Å². The van der Waals surface area contributed by atoms with Gasteiger partial charge in [0.1, 0.15) is 0 Å². The van der Waals surface area contributed by atoms with E-state index in [-0.39, 0.29) is 0 Å². The molecule has 0 radical (unpaired) electrons. The molecule has 12 nitrogen and oxygen atoms in total. The van der Waals surface area contributed by atoms with Crippen molar-refractivity contribution in [3.8, 4) is 57.0 Å². The van der Waals surface area contributed by atoms with Crippen LogP contribution in [0.3, 0.4) is 0 Å². The summed E-state index contributed by atoms with van der Waals surface area (Å²) < 4.78 is 39.1. The van der Waals surface area contributed by atoms with Crippen LogP contribution >= 0.6 is 0 Å². The summed E-state index contributed by atoms with van der Waals surface area (Å²) in [5, 5.41) is 4.70. The highest BCUT2D eigenvalue weighted by Gasteiger charge is 2.26. The van der Waals surface area contributed by atoms with Gasteiger partial charge in [-0.3, -0.25) is 9.80 Å². The maximum absolute atomic E-state index is 5.99. The Labute approximate surface area is 349 Å². The second-order valence-electron chi connectivity index (χ2n) is 15.2. The van der Waals surface area contributed by atoms with Crippen molar-refractivity contribution in [3.63, 3.8) is 0 Å². The third kappa shape index (κ3) is 6.47. The number of hydrogen-bond acceptors (Lipinski definition) is 10. The van der Waals surface area contributed by atoms with Gasteiger partial charge in [0.2, 0.25) is 11.5 Å². The summed E-state index contributed by atoms with van der Waals surface area (Å²) in [6, 6.07) is 29.5. The molecule has 60 heavy (non-hydrogen) atoms. The number of pyridine rings is 2. The molecular formula is C48H50N6O6. The van der Waals surface area contributed by atoms with Crippen molar-refractivity contribution in [2.24, 2.45) is 14.1 Å². The number of nitrogens with zero attached hydrogens (tertiary/aromatic N) is 6. The third-order valence-electron chi connectivity index (χ3n) is 12.0. The average Bonchev–Trinajstić information content (AvgIpc) is 3.74. The monoisotopic (exact) mass is 806 g/mol. The Bertz CT molecular complexity index is 2890. The minimum Gasteiger partial charge on any atom is -0.493 e. The Morgan fingerprint density at radius 1 is 0.467 bits per heavy atom. The maximum atomic E-state index is 5.99. The van der Waals surface area contributed by atoms with Crippen molar-refractivity contribution in [3.05, 3.63) is 96.3 Å². The zero-order valence-electron chi connectivity index (χ0n) is 35.5. The molecule has 8 aromatic rings. The molecule has 0 atom stereocenters. The minimum atomic E-state index is 0.539. The fourth-order valence-electron chi connectivity index (χ4n) is 9.12. The molecule has 1 saturated heterocycles. The van der Waals surface area contributed by atoms with E-state index in [0.717, 1.165) is 92.9 Å². The Morgan fingerprint density at radius 3 is 1.42 bits per heavy atom. The highest BCUT2D eigenvalue weighted by Crippen LogP contribution is 2.47. The highest BCUT2D eigenvalue weighted by atomic mass is 16.5. The van der Waals surface area contributed by atoms with Crippen LogP contribution in [0.15, 0.2) is 84.9 Å². The van der Waals surface area contributed by atoms with Crippen LogP contribution in [0.5, 0.6) is 34.5 Å². The lowest BCUT2D eigenvalue weighted by Gasteiger charge is -2.34. The van der Waals surface area contributed by atoms with Gasteiger partial charge < -0.3 is 37.6 Å². The summed E-state index contributed by atoms with van der Waals surface area (Å²) in [7, 11) is 14.0. The van der Waals surface area contributed by atoms with Gasteiger partial charge >= 0.3 is 0 Å². The molecule has 0 amide bonds. The van der Waals surface area contributed by atoms with Crippen molar-refractivity contribution in [1.29, 1.82) is 0 Å². The van der Waals surface area contributed by atoms with Gasteiger partial charge in [0.05, 0.1) is 76.5 Å². The van der Waals surface area contributed by atoms with Crippen LogP contribution in [0.2, 0.25) is 0 Å². The largest absolute Gasteiger partial charge is 0.493 e. The van der Waals surface area contributed by atoms with Crippen LogP contribution in [-0.2, 0) is 27.2 Å². The summed E-state index contributed by atoms with van der Waals surface area (Å²) in [6.07, 6.45) is 0. The van der Waals surface area contributed by atoms with E-state index in [2.05, 4.69) is 93.7 Å². The van der Waals surface area contributed by atoms with Gasteiger partial charge in [0.15, 0.2) is 23.0 Å². The maximum Gasteiger partial charge on any atom is 0.203 e. The standard InChI is InChI=1S/C48H50N6O6/c1-51-37-15-11-9-13-32(37)35-25-30(49-42(44(35)51)29-23-40(56-4)47(59-7)41(24-29)57-5)27-53-19-21-54(22-20-53)28-31-26-36-33-14-10-12-16-38(33)52(2)45(36)43(50-31)34-17-18-39(55-3)48(60-8)46(34)58-6/h9-18,23-26H,19-22,27-28H2,1-8H3. The van der Waals surface area contributed by atoms with Gasteiger partial charge in [-0.25, -0.2) is 9.97 Å². The Morgan fingerprint density at radius 2 is 0.933 bits per heavy atom. The predicted molar refractivity (Wildman–Crippen MR) is 237 cm³/mol. The van der Waals surface area contributed by atoms with Crippen LogP contribution in [-0.4, -0.2) is 97.7 Å². The average molecular weight is 807 g/mol. The van der Waals surface area contributed by atoms with Gasteiger partial charge in [-0.05, 0) is 48.5 Å². The van der Waals surface area contributed by atoms with Gasteiger partial charge in [0, 0.05) is 97.1 Å². The molecule has 4 aromatic heterocycles. The lowest BCUT2D eigenvalue weighted by molar-refractivity contribution is 0.120. The molecule has 308 valence electrons. The van der Waals surface area contributed by atoms with Crippen LogP contribution in [0.1, 0.15) is 11.4 Å². The van der Waals surface area contributed by atoms with E-state index in [1.54, 1.807) is 42.7 Å². The lowest BCUT2D eigenvalue weighted by atomic mass is 10.0. The van der Waals surface area contributed by atoms with E-state index in [1.165, 1.54) is 10.8 Å². The molecule has 0 bridgehead atoms. The van der Waals surface area contributed by atoms with Gasteiger partial charge in [-0.15, -0.1) is 0 Å².